The Morgan fingerprint density at radius 2 is 0.143 bits per heavy atom. The van der Waals surface area contributed by atoms with Gasteiger partial charge in [-0.3, -0.25) is 0 Å². The number of rotatable bonds is 0. The first-order chi connectivity index (χ1) is 0. The second kappa shape index (κ2) is 185. The molecule has 0 heterocycles. The molecule has 0 aliphatic rings. The average molecular weight is 601 g/mol. The standard InChI is InChI=1S/2Mo.12H2S/h;;12*1H2. The van der Waals surface area contributed by atoms with Gasteiger partial charge in [0.25, 0.3) is 0 Å². The zero-order valence-electron chi connectivity index (χ0n) is 6.82. The Balaban J connectivity index is 0. The molecule has 0 aromatic heterocycles. The fraction of sp³-hybridized carbons (Fsp3) is 0. The molecule has 0 spiro atoms. The number of hydrogen-bond donors (Lipinski definition) is 0. The Kier molecular flexibility index (Phi) is 2860. The third kappa shape index (κ3) is 155. The fourth-order valence-corrected chi connectivity index (χ4v) is 0. The van der Waals surface area contributed by atoms with E-state index in [4.69, 9.17) is 0 Å². The van der Waals surface area contributed by atoms with Crippen LogP contribution in [0.5, 0.6) is 0 Å². The summed E-state index contributed by atoms with van der Waals surface area (Å²) in [6.07, 6.45) is 0. The van der Waals surface area contributed by atoms with Crippen LogP contribution in [0.25, 0.3) is 0 Å². The molecule has 0 amide bonds. The van der Waals surface area contributed by atoms with Gasteiger partial charge in [-0.25, -0.2) is 0 Å². The Morgan fingerprint density at radius 1 is 0.143 bits per heavy atom. The van der Waals surface area contributed by atoms with Gasteiger partial charge in [-0.05, 0) is 0 Å². The molecule has 0 nitrogen and oxygen atoms in total. The maximum atomic E-state index is 0. The van der Waals surface area contributed by atoms with Crippen molar-refractivity contribution < 1.29 is 42.1 Å². The molecule has 0 aromatic carbocycles. The summed E-state index contributed by atoms with van der Waals surface area (Å²) < 4.78 is 0. The van der Waals surface area contributed by atoms with Gasteiger partial charge in [0, 0.05) is 42.1 Å². The van der Waals surface area contributed by atoms with E-state index in [-0.39, 0.29) is 204 Å². The molecule has 0 N–H and O–H groups in total. The van der Waals surface area contributed by atoms with E-state index >= 15 is 0 Å². The molecule has 108 valence electrons. The van der Waals surface area contributed by atoms with E-state index in [0.717, 1.165) is 0 Å². The summed E-state index contributed by atoms with van der Waals surface area (Å²) in [5.41, 5.74) is 0. The van der Waals surface area contributed by atoms with Crippen molar-refractivity contribution in [2.24, 2.45) is 0 Å². The molecule has 0 saturated heterocycles. The van der Waals surface area contributed by atoms with Crippen molar-refractivity contribution in [2.75, 3.05) is 0 Å². The smallest absolute Gasteiger partial charge is 0 e. The van der Waals surface area contributed by atoms with Crippen molar-refractivity contribution >= 4 is 162 Å². The van der Waals surface area contributed by atoms with Gasteiger partial charge in [0.15, 0.2) is 0 Å². The minimum absolute atomic E-state index is 0. The van der Waals surface area contributed by atoms with E-state index in [9.17, 15) is 0 Å². The summed E-state index contributed by atoms with van der Waals surface area (Å²) in [7, 11) is 0. The molecule has 0 radical (unpaired) electrons. The van der Waals surface area contributed by atoms with Gasteiger partial charge in [-0.2, -0.15) is 162 Å². The van der Waals surface area contributed by atoms with Gasteiger partial charge in [0.1, 0.15) is 0 Å². The largest absolute Gasteiger partial charge is 0.197 e. The summed E-state index contributed by atoms with van der Waals surface area (Å²) in [6.45, 7) is 0. The first-order valence-electron chi connectivity index (χ1n) is 0. The van der Waals surface area contributed by atoms with E-state index in [2.05, 4.69) is 0 Å². The van der Waals surface area contributed by atoms with Crippen molar-refractivity contribution in [2.45, 2.75) is 0 Å². The molecular weight excluding hydrogens is 577 g/mol. The van der Waals surface area contributed by atoms with Crippen LogP contribution < -0.4 is 0 Å². The summed E-state index contributed by atoms with van der Waals surface area (Å²) in [6, 6.07) is 0. The van der Waals surface area contributed by atoms with Crippen LogP contribution in [-0.4, -0.2) is 0 Å². The van der Waals surface area contributed by atoms with Crippen LogP contribution >= 0.6 is 162 Å². The third-order valence-corrected chi connectivity index (χ3v) is 0. The molecule has 0 aliphatic heterocycles. The van der Waals surface area contributed by atoms with Gasteiger partial charge in [-0.1, -0.05) is 0 Å². The van der Waals surface area contributed by atoms with E-state index < -0.39 is 0 Å². The Labute approximate surface area is 200 Å². The topological polar surface area (TPSA) is 0 Å². The predicted molar refractivity (Wildman–Crippen MR) is 125 cm³/mol. The van der Waals surface area contributed by atoms with Gasteiger partial charge >= 0.3 is 0 Å². The van der Waals surface area contributed by atoms with E-state index in [0.29, 0.717) is 0 Å². The van der Waals surface area contributed by atoms with Crippen LogP contribution in [0.3, 0.4) is 0 Å². The van der Waals surface area contributed by atoms with E-state index in [1.807, 2.05) is 0 Å². The second-order valence-electron chi connectivity index (χ2n) is 0. The summed E-state index contributed by atoms with van der Waals surface area (Å²) >= 11 is 0. The summed E-state index contributed by atoms with van der Waals surface area (Å²) in [5.74, 6) is 0. The molecular formula is H24Mo2S12. The first-order valence-corrected chi connectivity index (χ1v) is 0. The maximum absolute atomic E-state index is 0. The van der Waals surface area contributed by atoms with Gasteiger partial charge < -0.3 is 0 Å². The quantitative estimate of drug-likeness (QED) is 0.369. The molecule has 0 aromatic rings. The van der Waals surface area contributed by atoms with Crippen molar-refractivity contribution in [1.29, 1.82) is 0 Å². The van der Waals surface area contributed by atoms with E-state index in [1.165, 1.54) is 0 Å². The molecule has 0 aliphatic carbocycles. The zero-order chi connectivity index (χ0) is 0. The minimum Gasteiger partial charge on any atom is -0.197 e. The van der Waals surface area contributed by atoms with Crippen molar-refractivity contribution in [3.8, 4) is 0 Å². The summed E-state index contributed by atoms with van der Waals surface area (Å²) in [5, 5.41) is 0. The Hall–Kier alpha value is 5.58. The molecule has 14 heteroatoms. The molecule has 0 bridgehead atoms. The molecule has 0 atom stereocenters. The Morgan fingerprint density at radius 3 is 0.143 bits per heavy atom. The van der Waals surface area contributed by atoms with Gasteiger partial charge in [0.2, 0.25) is 0 Å². The van der Waals surface area contributed by atoms with Crippen molar-refractivity contribution in [1.82, 2.24) is 0 Å². The second-order valence-corrected chi connectivity index (χ2v) is 0. The van der Waals surface area contributed by atoms with Crippen molar-refractivity contribution in [3.63, 3.8) is 0 Å². The zero-order valence-corrected chi connectivity index (χ0v) is 22.8. The third-order valence-electron chi connectivity index (χ3n) is 0. The van der Waals surface area contributed by atoms with E-state index in [1.54, 1.807) is 0 Å². The van der Waals surface area contributed by atoms with Gasteiger partial charge in [0.05, 0.1) is 0 Å². The van der Waals surface area contributed by atoms with Crippen LogP contribution in [0.2, 0.25) is 0 Å². The van der Waals surface area contributed by atoms with Crippen LogP contribution in [-0.2, 0) is 42.1 Å². The normalized spacial score (nSPS) is 0. The van der Waals surface area contributed by atoms with Crippen LogP contribution in [0.1, 0.15) is 0 Å². The molecule has 0 unspecified atom stereocenters. The maximum Gasteiger partial charge on any atom is 0 e. The minimum atomic E-state index is 0. The van der Waals surface area contributed by atoms with Crippen molar-refractivity contribution in [3.05, 3.63) is 0 Å². The summed E-state index contributed by atoms with van der Waals surface area (Å²) in [4.78, 5) is 0. The van der Waals surface area contributed by atoms with Crippen LogP contribution in [0.4, 0.5) is 0 Å². The van der Waals surface area contributed by atoms with Crippen LogP contribution in [0.15, 0.2) is 0 Å². The average Bonchev–Trinajstić information content (AvgIpc) is 0. The monoisotopic (exact) mass is 604 g/mol. The van der Waals surface area contributed by atoms with Gasteiger partial charge in [-0.15, -0.1) is 0 Å². The molecule has 0 saturated carbocycles. The first kappa shape index (κ1) is 217. The SMILES string of the molecule is S.S.S.S.S.S.S.S.S.S.S.S.[Mo].[Mo]. The Bertz CT molecular complexity index is 8.28. The molecule has 14 heavy (non-hydrogen) atoms. The molecule has 0 fully saturated rings. The molecule has 0 rings (SSSR count). The number of hydrogen-bond acceptors (Lipinski definition) is 0. The van der Waals surface area contributed by atoms with Crippen LogP contribution in [0, 0.1) is 0 Å². The fourth-order valence-electron chi connectivity index (χ4n) is 0. The predicted octanol–water partition coefficient (Wildman–Crippen LogP) is 1.35.